The van der Waals surface area contributed by atoms with E-state index < -0.39 is 0 Å². The lowest BCUT2D eigenvalue weighted by molar-refractivity contribution is 0.0857. The molecular formula is C12H17ClN4O. The van der Waals surface area contributed by atoms with Crippen molar-refractivity contribution in [2.45, 2.75) is 37.5 Å². The largest absolute Gasteiger partial charge is 0.383 e. The van der Waals surface area contributed by atoms with Gasteiger partial charge in [0.05, 0.1) is 23.3 Å². The van der Waals surface area contributed by atoms with Gasteiger partial charge in [-0.1, -0.05) is 11.6 Å². The van der Waals surface area contributed by atoms with Crippen molar-refractivity contribution in [2.24, 2.45) is 11.8 Å². The molecule has 6 heteroatoms. The van der Waals surface area contributed by atoms with E-state index in [4.69, 9.17) is 27.9 Å². The maximum absolute atomic E-state index is 5.99. The first kappa shape index (κ1) is 12.2. The molecule has 3 heterocycles. The lowest BCUT2D eigenvalue weighted by Gasteiger charge is -2.28. The lowest BCUT2D eigenvalue weighted by atomic mass is 9.81. The zero-order valence-corrected chi connectivity index (χ0v) is 10.7. The molecule has 98 valence electrons. The van der Waals surface area contributed by atoms with Crippen molar-refractivity contribution < 1.29 is 4.74 Å². The molecule has 0 radical (unpaired) electrons. The fraction of sp³-hybridized carbons (Fsp3) is 0.583. The second-order valence-electron chi connectivity index (χ2n) is 5.05. The molecule has 2 saturated heterocycles. The van der Waals surface area contributed by atoms with Crippen LogP contribution in [0, 0.1) is 5.92 Å². The monoisotopic (exact) mass is 268 g/mol. The highest BCUT2D eigenvalue weighted by Gasteiger charge is 2.45. The Labute approximate surface area is 111 Å². The highest BCUT2D eigenvalue weighted by molar-refractivity contribution is 6.30. The topological polar surface area (TPSA) is 86.2 Å². The van der Waals surface area contributed by atoms with E-state index in [0.29, 0.717) is 22.9 Å². The van der Waals surface area contributed by atoms with Crippen molar-refractivity contribution in [1.29, 1.82) is 0 Å². The zero-order valence-electron chi connectivity index (χ0n) is 9.97. The molecule has 0 aromatic carbocycles. The number of ether oxygens (including phenoxy) is 1. The van der Waals surface area contributed by atoms with Gasteiger partial charge in [0.1, 0.15) is 5.82 Å². The number of nitrogen functional groups attached to an aromatic ring is 1. The average molecular weight is 269 g/mol. The molecule has 0 saturated carbocycles. The summed E-state index contributed by atoms with van der Waals surface area (Å²) in [6, 6.07) is 1.78. The van der Waals surface area contributed by atoms with Crippen molar-refractivity contribution >= 4 is 17.4 Å². The Morgan fingerprint density at radius 3 is 2.94 bits per heavy atom. The van der Waals surface area contributed by atoms with Crippen molar-refractivity contribution in [3.05, 3.63) is 22.8 Å². The molecule has 3 rings (SSSR count). The van der Waals surface area contributed by atoms with Gasteiger partial charge in [-0.05, 0) is 25.3 Å². The highest BCUT2D eigenvalue weighted by atomic mass is 35.5. The smallest absolute Gasteiger partial charge is 0.128 e. The molecular weight excluding hydrogens is 252 g/mol. The number of hydrogen-bond acceptors (Lipinski definition) is 5. The molecule has 0 spiro atoms. The minimum Gasteiger partial charge on any atom is -0.383 e. The van der Waals surface area contributed by atoms with Crippen LogP contribution in [0.5, 0.6) is 0 Å². The Kier molecular flexibility index (Phi) is 3.15. The Morgan fingerprint density at radius 2 is 2.33 bits per heavy atom. The first-order valence-electron chi connectivity index (χ1n) is 6.21. The molecule has 2 fully saturated rings. The van der Waals surface area contributed by atoms with Crippen molar-refractivity contribution in [2.75, 3.05) is 5.73 Å². The molecule has 0 amide bonds. The fourth-order valence-corrected chi connectivity index (χ4v) is 3.35. The number of nitrogens with zero attached hydrogens (tertiary/aromatic N) is 1. The summed E-state index contributed by atoms with van der Waals surface area (Å²) in [4.78, 5) is 4.09. The number of fused-ring (bicyclic) bond motifs is 2. The van der Waals surface area contributed by atoms with Gasteiger partial charge in [-0.2, -0.15) is 0 Å². The summed E-state index contributed by atoms with van der Waals surface area (Å²) in [6.07, 6.45) is 5.47. The van der Waals surface area contributed by atoms with Gasteiger partial charge in [0.25, 0.3) is 0 Å². The summed E-state index contributed by atoms with van der Waals surface area (Å²) >= 11 is 5.99. The second-order valence-corrected chi connectivity index (χ2v) is 5.48. The third-order valence-electron chi connectivity index (χ3n) is 4.01. The molecule has 5 nitrogen and oxygen atoms in total. The van der Waals surface area contributed by atoms with Crippen molar-refractivity contribution in [3.8, 4) is 0 Å². The predicted octanol–water partition coefficient (Wildman–Crippen LogP) is 1.39. The molecule has 1 aromatic heterocycles. The Hall–Kier alpha value is -0.880. The maximum Gasteiger partial charge on any atom is 0.128 e. The summed E-state index contributed by atoms with van der Waals surface area (Å²) in [5, 5.41) is 0.573. The summed E-state index contributed by atoms with van der Waals surface area (Å²) in [7, 11) is 0. The van der Waals surface area contributed by atoms with E-state index in [1.807, 2.05) is 6.07 Å². The van der Waals surface area contributed by atoms with Crippen LogP contribution < -0.4 is 17.0 Å². The van der Waals surface area contributed by atoms with Crippen molar-refractivity contribution in [3.63, 3.8) is 0 Å². The second kappa shape index (κ2) is 4.66. The van der Waals surface area contributed by atoms with E-state index in [-0.39, 0.29) is 12.1 Å². The number of nitrogens with one attached hydrogen (secondary N) is 1. The lowest BCUT2D eigenvalue weighted by Crippen LogP contribution is -2.38. The molecule has 4 unspecified atom stereocenters. The standard InChI is InChI=1S/C12H17ClN4O/c13-6-3-9(12(14)16-5-6)11(17-15)8-4-7-1-2-10(8)18-7/h3,5,7-8,10-11,17H,1-2,4,15H2,(H2,14,16). The van der Waals surface area contributed by atoms with Crippen LogP contribution in [0.4, 0.5) is 5.82 Å². The van der Waals surface area contributed by atoms with E-state index in [0.717, 1.165) is 24.8 Å². The van der Waals surface area contributed by atoms with Crippen LogP contribution >= 0.6 is 11.6 Å². The molecule has 1 aromatic rings. The summed E-state index contributed by atoms with van der Waals surface area (Å²) in [5.41, 5.74) is 9.65. The van der Waals surface area contributed by atoms with E-state index in [1.165, 1.54) is 0 Å². The third kappa shape index (κ3) is 1.97. The molecule has 5 N–H and O–H groups in total. The number of rotatable bonds is 3. The average Bonchev–Trinajstić information content (AvgIpc) is 2.97. The summed E-state index contributed by atoms with van der Waals surface area (Å²) in [5.74, 6) is 6.52. The third-order valence-corrected chi connectivity index (χ3v) is 4.22. The van der Waals surface area contributed by atoms with Gasteiger partial charge in [0.15, 0.2) is 0 Å². The molecule has 0 aliphatic carbocycles. The minimum atomic E-state index is -0.0495. The van der Waals surface area contributed by atoms with E-state index in [1.54, 1.807) is 6.20 Å². The van der Waals surface area contributed by atoms with Crippen LogP contribution in [0.3, 0.4) is 0 Å². The van der Waals surface area contributed by atoms with E-state index in [2.05, 4.69) is 10.4 Å². The van der Waals surface area contributed by atoms with Crippen LogP contribution in [-0.2, 0) is 4.74 Å². The Balaban J connectivity index is 1.90. The summed E-state index contributed by atoms with van der Waals surface area (Å²) in [6.45, 7) is 0. The zero-order chi connectivity index (χ0) is 12.7. The Bertz CT molecular complexity index is 456. The Morgan fingerprint density at radius 1 is 1.50 bits per heavy atom. The minimum absolute atomic E-state index is 0.0495. The van der Waals surface area contributed by atoms with Gasteiger partial charge in [-0.3, -0.25) is 11.3 Å². The van der Waals surface area contributed by atoms with E-state index in [9.17, 15) is 0 Å². The normalized spacial score (nSPS) is 31.8. The van der Waals surface area contributed by atoms with E-state index >= 15 is 0 Å². The van der Waals surface area contributed by atoms with Gasteiger partial charge < -0.3 is 10.5 Å². The molecule has 2 bridgehead atoms. The fourth-order valence-electron chi connectivity index (χ4n) is 3.19. The molecule has 4 atom stereocenters. The number of anilines is 1. The van der Waals surface area contributed by atoms with Gasteiger partial charge in [-0.25, -0.2) is 4.98 Å². The predicted molar refractivity (Wildman–Crippen MR) is 69.7 cm³/mol. The first-order valence-corrected chi connectivity index (χ1v) is 6.59. The number of halogens is 1. The quantitative estimate of drug-likeness (QED) is 0.570. The van der Waals surface area contributed by atoms with Crippen LogP contribution in [0.25, 0.3) is 0 Å². The number of hydrogen-bond donors (Lipinski definition) is 3. The summed E-state index contributed by atoms with van der Waals surface area (Å²) < 4.78 is 5.87. The molecule has 18 heavy (non-hydrogen) atoms. The van der Waals surface area contributed by atoms with Crippen molar-refractivity contribution in [1.82, 2.24) is 10.4 Å². The first-order chi connectivity index (χ1) is 8.69. The van der Waals surface area contributed by atoms with Crippen LogP contribution in [0.1, 0.15) is 30.9 Å². The van der Waals surface area contributed by atoms with Gasteiger partial charge in [-0.15, -0.1) is 0 Å². The van der Waals surface area contributed by atoms with Crippen LogP contribution in [0.15, 0.2) is 12.3 Å². The number of pyridine rings is 1. The SMILES string of the molecule is NNC(c1cc(Cl)cnc1N)C1CC2CCC1O2. The molecule has 2 aliphatic heterocycles. The highest BCUT2D eigenvalue weighted by Crippen LogP contribution is 2.45. The number of aromatic nitrogens is 1. The van der Waals surface area contributed by atoms with Gasteiger partial charge in [0.2, 0.25) is 0 Å². The van der Waals surface area contributed by atoms with Crippen LogP contribution in [0.2, 0.25) is 5.02 Å². The maximum atomic E-state index is 5.99. The van der Waals surface area contributed by atoms with Crippen LogP contribution in [-0.4, -0.2) is 17.2 Å². The molecule has 2 aliphatic rings. The van der Waals surface area contributed by atoms with Gasteiger partial charge in [0, 0.05) is 17.7 Å². The number of hydrazine groups is 1. The van der Waals surface area contributed by atoms with Gasteiger partial charge >= 0.3 is 0 Å². The number of nitrogens with two attached hydrogens (primary N) is 2.